The molecule has 19 heavy (non-hydrogen) atoms. The molecule has 0 saturated carbocycles. The van der Waals surface area contributed by atoms with Crippen LogP contribution in [0.4, 0.5) is 0 Å². The predicted octanol–water partition coefficient (Wildman–Crippen LogP) is 2.30. The number of halogens is 2. The van der Waals surface area contributed by atoms with E-state index in [0.717, 1.165) is 5.56 Å². The van der Waals surface area contributed by atoms with E-state index in [1.165, 1.54) is 0 Å². The van der Waals surface area contributed by atoms with E-state index in [2.05, 4.69) is 5.32 Å². The lowest BCUT2D eigenvalue weighted by atomic mass is 10.0. The van der Waals surface area contributed by atoms with Gasteiger partial charge >= 0.3 is 0 Å². The summed E-state index contributed by atoms with van der Waals surface area (Å²) in [6.45, 7) is 3.52. The minimum Gasteiger partial charge on any atom is -0.375 e. The van der Waals surface area contributed by atoms with Crippen LogP contribution in [0, 0.1) is 0 Å². The number of hydrogen-bond donors (Lipinski definition) is 2. The average molecular weight is 307 g/mol. The summed E-state index contributed by atoms with van der Waals surface area (Å²) < 4.78 is 5.42. The summed E-state index contributed by atoms with van der Waals surface area (Å²) in [5.41, 5.74) is 6.47. The third kappa shape index (κ3) is 5.37. The summed E-state index contributed by atoms with van der Waals surface area (Å²) in [5, 5.41) is 3.49. The van der Waals surface area contributed by atoms with Crippen LogP contribution in [0.15, 0.2) is 24.3 Å². The van der Waals surface area contributed by atoms with Gasteiger partial charge in [0.1, 0.15) is 6.10 Å². The van der Waals surface area contributed by atoms with Crippen LogP contribution in [0.25, 0.3) is 0 Å². The molecule has 0 aliphatic heterocycles. The Morgan fingerprint density at radius 1 is 1.32 bits per heavy atom. The van der Waals surface area contributed by atoms with Gasteiger partial charge in [0.05, 0.1) is 12.1 Å². The fraction of sp³-hybridized carbons (Fsp3) is 0.462. The largest absolute Gasteiger partial charge is 0.375 e. The number of nitrogens with two attached hydrogens (primary N) is 1. The zero-order chi connectivity index (χ0) is 13.7. The number of amides is 1. The minimum absolute atomic E-state index is 0. The lowest BCUT2D eigenvalue weighted by Gasteiger charge is -2.25. The summed E-state index contributed by atoms with van der Waals surface area (Å²) in [5.74, 6) is -0.196. The average Bonchev–Trinajstić information content (AvgIpc) is 2.32. The molecular weight excluding hydrogens is 287 g/mol. The standard InChI is InChI=1S/C13H19ClN2O2.ClH/c1-8(15)13(17)16-9(2)12(18-3)10-4-6-11(14)7-5-10;/h4-9,12H,15H2,1-3H3,(H,16,17);1H/t8-,9?,12?;/m1./s1. The maximum Gasteiger partial charge on any atom is 0.236 e. The van der Waals surface area contributed by atoms with Gasteiger partial charge in [-0.15, -0.1) is 12.4 Å². The highest BCUT2D eigenvalue weighted by atomic mass is 35.5. The highest BCUT2D eigenvalue weighted by Crippen LogP contribution is 2.22. The van der Waals surface area contributed by atoms with Crippen LogP contribution in [0.2, 0.25) is 5.02 Å². The molecule has 0 spiro atoms. The molecule has 0 fully saturated rings. The maximum absolute atomic E-state index is 11.5. The quantitative estimate of drug-likeness (QED) is 0.877. The van der Waals surface area contributed by atoms with Crippen molar-refractivity contribution in [2.45, 2.75) is 32.0 Å². The Bertz CT molecular complexity index is 396. The zero-order valence-corrected chi connectivity index (χ0v) is 12.8. The molecule has 0 bridgehead atoms. The lowest BCUT2D eigenvalue weighted by Crippen LogP contribution is -2.45. The van der Waals surface area contributed by atoms with Crippen LogP contribution in [-0.2, 0) is 9.53 Å². The zero-order valence-electron chi connectivity index (χ0n) is 11.2. The second kappa shape index (κ2) is 8.38. The summed E-state index contributed by atoms with van der Waals surface area (Å²) in [7, 11) is 1.60. The highest BCUT2D eigenvalue weighted by molar-refractivity contribution is 6.30. The van der Waals surface area contributed by atoms with Gasteiger partial charge in [0.2, 0.25) is 5.91 Å². The van der Waals surface area contributed by atoms with Crippen LogP contribution in [0.3, 0.4) is 0 Å². The first-order valence-electron chi connectivity index (χ1n) is 5.80. The van der Waals surface area contributed by atoms with Crippen LogP contribution >= 0.6 is 24.0 Å². The van der Waals surface area contributed by atoms with Crippen molar-refractivity contribution in [1.29, 1.82) is 0 Å². The normalized spacial score (nSPS) is 15.0. The molecule has 1 aromatic rings. The number of benzene rings is 1. The molecule has 6 heteroatoms. The molecule has 0 heterocycles. The highest BCUT2D eigenvalue weighted by Gasteiger charge is 2.21. The van der Waals surface area contributed by atoms with Gasteiger partial charge in [-0.2, -0.15) is 0 Å². The third-order valence-electron chi connectivity index (χ3n) is 2.69. The van der Waals surface area contributed by atoms with E-state index in [0.29, 0.717) is 5.02 Å². The summed E-state index contributed by atoms with van der Waals surface area (Å²) in [4.78, 5) is 11.5. The molecule has 3 N–H and O–H groups in total. The second-order valence-corrected chi connectivity index (χ2v) is 4.73. The van der Waals surface area contributed by atoms with E-state index in [9.17, 15) is 4.79 Å². The molecule has 1 aromatic carbocycles. The van der Waals surface area contributed by atoms with Crippen molar-refractivity contribution in [2.75, 3.05) is 7.11 Å². The van der Waals surface area contributed by atoms with E-state index >= 15 is 0 Å². The first-order chi connectivity index (χ1) is 8.45. The molecule has 0 saturated heterocycles. The Labute approximate surface area is 125 Å². The number of nitrogens with one attached hydrogen (secondary N) is 1. The fourth-order valence-corrected chi connectivity index (χ4v) is 1.84. The van der Waals surface area contributed by atoms with Crippen molar-refractivity contribution < 1.29 is 9.53 Å². The van der Waals surface area contributed by atoms with Crippen LogP contribution in [0.1, 0.15) is 25.5 Å². The third-order valence-corrected chi connectivity index (χ3v) is 2.94. The maximum atomic E-state index is 11.5. The van der Waals surface area contributed by atoms with Crippen molar-refractivity contribution in [1.82, 2.24) is 5.32 Å². The van der Waals surface area contributed by atoms with Gasteiger partial charge in [-0.3, -0.25) is 4.79 Å². The number of methoxy groups -OCH3 is 1. The molecule has 0 aromatic heterocycles. The predicted molar refractivity (Wildman–Crippen MR) is 79.7 cm³/mol. The van der Waals surface area contributed by atoms with Crippen molar-refractivity contribution in [3.63, 3.8) is 0 Å². The molecule has 0 aliphatic rings. The van der Waals surface area contributed by atoms with Gasteiger partial charge in [0.25, 0.3) is 0 Å². The molecule has 1 amide bonds. The Morgan fingerprint density at radius 2 is 1.84 bits per heavy atom. The van der Waals surface area contributed by atoms with Crippen LogP contribution in [0.5, 0.6) is 0 Å². The number of carbonyl (C=O) groups excluding carboxylic acids is 1. The smallest absolute Gasteiger partial charge is 0.236 e. The molecule has 1 rings (SSSR count). The first kappa shape index (κ1) is 18.2. The molecule has 0 radical (unpaired) electrons. The molecular formula is C13H20Cl2N2O2. The summed E-state index contributed by atoms with van der Waals surface area (Å²) in [6, 6.07) is 6.65. The van der Waals surface area contributed by atoms with Gasteiger partial charge in [-0.25, -0.2) is 0 Å². The first-order valence-corrected chi connectivity index (χ1v) is 6.17. The summed E-state index contributed by atoms with van der Waals surface area (Å²) in [6.07, 6.45) is -0.232. The molecule has 108 valence electrons. The fourth-order valence-electron chi connectivity index (χ4n) is 1.71. The topological polar surface area (TPSA) is 64.3 Å². The van der Waals surface area contributed by atoms with Gasteiger partial charge in [0.15, 0.2) is 0 Å². The van der Waals surface area contributed by atoms with Crippen LogP contribution in [-0.4, -0.2) is 25.1 Å². The van der Waals surface area contributed by atoms with E-state index in [4.69, 9.17) is 22.1 Å². The van der Waals surface area contributed by atoms with Crippen molar-refractivity contribution in [3.05, 3.63) is 34.9 Å². The minimum atomic E-state index is -0.532. The second-order valence-electron chi connectivity index (χ2n) is 4.29. The van der Waals surface area contributed by atoms with Crippen molar-refractivity contribution >= 4 is 29.9 Å². The van der Waals surface area contributed by atoms with Gasteiger partial charge in [-0.1, -0.05) is 23.7 Å². The summed E-state index contributed by atoms with van der Waals surface area (Å²) >= 11 is 5.84. The molecule has 4 nitrogen and oxygen atoms in total. The van der Waals surface area contributed by atoms with E-state index < -0.39 is 6.04 Å². The van der Waals surface area contributed by atoms with Gasteiger partial charge in [-0.05, 0) is 31.5 Å². The Hall–Kier alpha value is -0.810. The van der Waals surface area contributed by atoms with E-state index in [1.807, 2.05) is 19.1 Å². The lowest BCUT2D eigenvalue weighted by molar-refractivity contribution is -0.123. The van der Waals surface area contributed by atoms with E-state index in [-0.39, 0.29) is 30.5 Å². The van der Waals surface area contributed by atoms with Gasteiger partial charge in [0, 0.05) is 12.1 Å². The van der Waals surface area contributed by atoms with E-state index in [1.54, 1.807) is 26.2 Å². The molecule has 2 unspecified atom stereocenters. The number of hydrogen-bond acceptors (Lipinski definition) is 3. The Kier molecular flexibility index (Phi) is 8.02. The number of ether oxygens (including phenoxy) is 1. The van der Waals surface area contributed by atoms with Gasteiger partial charge < -0.3 is 15.8 Å². The Balaban J connectivity index is 0.00000324. The monoisotopic (exact) mass is 306 g/mol. The van der Waals surface area contributed by atoms with Crippen LogP contribution < -0.4 is 11.1 Å². The van der Waals surface area contributed by atoms with Crippen molar-refractivity contribution in [2.24, 2.45) is 5.73 Å². The van der Waals surface area contributed by atoms with Crippen molar-refractivity contribution in [3.8, 4) is 0 Å². The Morgan fingerprint density at radius 3 is 2.26 bits per heavy atom. The SMILES string of the molecule is COC(c1ccc(Cl)cc1)C(C)NC(=O)[C@@H](C)N.Cl. The number of carbonyl (C=O) groups is 1. The number of rotatable bonds is 5. The molecule has 0 aliphatic carbocycles. The molecule has 3 atom stereocenters.